The number of amides is 1. The molecule has 16 heavy (non-hydrogen) atoms. The average Bonchev–Trinajstić information content (AvgIpc) is 2.26. The first-order valence-electron chi connectivity index (χ1n) is 5.25. The number of nitrogens with two attached hydrogens (primary N) is 1. The summed E-state index contributed by atoms with van der Waals surface area (Å²) >= 11 is 0. The summed E-state index contributed by atoms with van der Waals surface area (Å²) in [6, 6.07) is 7.65. The normalized spacial score (nSPS) is 11.4. The molecule has 0 aliphatic heterocycles. The molecule has 0 spiro atoms. The molecule has 0 aliphatic rings. The summed E-state index contributed by atoms with van der Waals surface area (Å²) in [5, 5.41) is 2.81. The summed E-state index contributed by atoms with van der Waals surface area (Å²) in [7, 11) is 0. The van der Waals surface area contributed by atoms with E-state index in [2.05, 4.69) is 18.3 Å². The molecule has 0 bridgehead atoms. The van der Waals surface area contributed by atoms with E-state index in [-0.39, 0.29) is 18.3 Å². The number of rotatable bonds is 4. The summed E-state index contributed by atoms with van der Waals surface area (Å²) < 4.78 is 0. The number of carbonyl (C=O) groups is 1. The fraction of sp³-hybridized carbons (Fsp3) is 0.417. The van der Waals surface area contributed by atoms with Gasteiger partial charge in [0.2, 0.25) is 5.91 Å². The van der Waals surface area contributed by atoms with Gasteiger partial charge in [-0.15, -0.1) is 12.4 Å². The molecule has 0 radical (unpaired) electrons. The maximum atomic E-state index is 11.3. The zero-order chi connectivity index (χ0) is 11.3. The Labute approximate surface area is 103 Å². The van der Waals surface area contributed by atoms with Crippen molar-refractivity contribution in [3.05, 3.63) is 35.4 Å². The number of nitrogens with one attached hydrogen (secondary N) is 1. The average molecular weight is 243 g/mol. The first-order chi connectivity index (χ1) is 7.15. The summed E-state index contributed by atoms with van der Waals surface area (Å²) in [5.74, 6) is -0.110. The molecule has 90 valence electrons. The van der Waals surface area contributed by atoms with Gasteiger partial charge in [-0.1, -0.05) is 31.2 Å². The Morgan fingerprint density at radius 1 is 1.38 bits per heavy atom. The molecule has 1 rings (SSSR count). The lowest BCUT2D eigenvalue weighted by Gasteiger charge is -2.10. The van der Waals surface area contributed by atoms with Gasteiger partial charge in [0.15, 0.2) is 0 Å². The van der Waals surface area contributed by atoms with Crippen LogP contribution in [0.25, 0.3) is 0 Å². The minimum absolute atomic E-state index is 0. The van der Waals surface area contributed by atoms with Crippen molar-refractivity contribution < 1.29 is 4.79 Å². The monoisotopic (exact) mass is 242 g/mol. The van der Waals surface area contributed by atoms with E-state index in [0.717, 1.165) is 12.0 Å². The third-order valence-electron chi connectivity index (χ3n) is 2.37. The van der Waals surface area contributed by atoms with E-state index in [1.165, 1.54) is 5.56 Å². The molecular weight excluding hydrogens is 224 g/mol. The lowest BCUT2D eigenvalue weighted by molar-refractivity contribution is -0.122. The Kier molecular flexibility index (Phi) is 6.77. The first-order valence-corrected chi connectivity index (χ1v) is 5.25. The fourth-order valence-corrected chi connectivity index (χ4v) is 1.42. The molecule has 0 heterocycles. The second-order valence-electron chi connectivity index (χ2n) is 3.63. The fourth-order valence-electron chi connectivity index (χ4n) is 1.42. The summed E-state index contributed by atoms with van der Waals surface area (Å²) in [6.07, 6.45) is 0.976. The van der Waals surface area contributed by atoms with Crippen molar-refractivity contribution in [2.24, 2.45) is 5.73 Å². The highest BCUT2D eigenvalue weighted by Gasteiger charge is 2.07. The van der Waals surface area contributed by atoms with Crippen LogP contribution in [0.4, 0.5) is 0 Å². The summed E-state index contributed by atoms with van der Waals surface area (Å²) in [6.45, 7) is 4.34. The number of carbonyl (C=O) groups excluding carboxylic acids is 1. The third-order valence-corrected chi connectivity index (χ3v) is 2.37. The van der Waals surface area contributed by atoms with E-state index in [1.54, 1.807) is 6.92 Å². The predicted octanol–water partition coefficient (Wildman–Crippen LogP) is 1.63. The Morgan fingerprint density at radius 3 is 2.44 bits per heavy atom. The van der Waals surface area contributed by atoms with Crippen LogP contribution >= 0.6 is 12.4 Å². The molecule has 0 aliphatic carbocycles. The van der Waals surface area contributed by atoms with Gasteiger partial charge in [0.1, 0.15) is 0 Å². The van der Waals surface area contributed by atoms with Crippen LogP contribution in [0.1, 0.15) is 25.0 Å². The van der Waals surface area contributed by atoms with Gasteiger partial charge in [-0.05, 0) is 24.5 Å². The maximum absolute atomic E-state index is 11.3. The molecule has 0 unspecified atom stereocenters. The highest BCUT2D eigenvalue weighted by molar-refractivity contribution is 5.85. The summed E-state index contributed by atoms with van der Waals surface area (Å²) in [4.78, 5) is 11.3. The van der Waals surface area contributed by atoms with Crippen molar-refractivity contribution in [2.75, 3.05) is 0 Å². The zero-order valence-electron chi connectivity index (χ0n) is 9.69. The zero-order valence-corrected chi connectivity index (χ0v) is 10.5. The van der Waals surface area contributed by atoms with E-state index >= 15 is 0 Å². The van der Waals surface area contributed by atoms with Gasteiger partial charge in [-0.25, -0.2) is 0 Å². The number of hydrogen-bond donors (Lipinski definition) is 2. The van der Waals surface area contributed by atoms with Crippen LogP contribution in [0.2, 0.25) is 0 Å². The second-order valence-corrected chi connectivity index (χ2v) is 3.63. The molecule has 1 aromatic carbocycles. The van der Waals surface area contributed by atoms with E-state index in [9.17, 15) is 4.79 Å². The molecule has 0 aromatic heterocycles. The molecule has 3 nitrogen and oxygen atoms in total. The molecule has 0 fully saturated rings. The van der Waals surface area contributed by atoms with E-state index < -0.39 is 6.04 Å². The molecule has 1 amide bonds. The quantitative estimate of drug-likeness (QED) is 0.843. The van der Waals surface area contributed by atoms with Crippen molar-refractivity contribution in [2.45, 2.75) is 32.9 Å². The molecule has 0 saturated carbocycles. The van der Waals surface area contributed by atoms with Crippen LogP contribution < -0.4 is 11.1 Å². The Bertz CT molecular complexity index is 340. The highest BCUT2D eigenvalue weighted by atomic mass is 35.5. The minimum atomic E-state index is -0.446. The van der Waals surface area contributed by atoms with Crippen LogP contribution in [-0.4, -0.2) is 11.9 Å². The van der Waals surface area contributed by atoms with Crippen molar-refractivity contribution in [1.29, 1.82) is 0 Å². The van der Waals surface area contributed by atoms with Gasteiger partial charge in [-0.3, -0.25) is 4.79 Å². The van der Waals surface area contributed by atoms with Crippen LogP contribution in [0.3, 0.4) is 0 Å². The lowest BCUT2D eigenvalue weighted by Crippen LogP contribution is -2.37. The molecule has 4 heteroatoms. The number of halogens is 1. The van der Waals surface area contributed by atoms with Crippen molar-refractivity contribution in [3.63, 3.8) is 0 Å². The molecule has 0 saturated heterocycles. The molecule has 1 atom stereocenters. The number of benzene rings is 1. The van der Waals surface area contributed by atoms with Crippen LogP contribution in [0.15, 0.2) is 24.3 Å². The minimum Gasteiger partial charge on any atom is -0.351 e. The van der Waals surface area contributed by atoms with Crippen LogP contribution in [-0.2, 0) is 17.8 Å². The van der Waals surface area contributed by atoms with E-state index in [0.29, 0.717) is 6.54 Å². The Hall–Kier alpha value is -1.06. The van der Waals surface area contributed by atoms with Gasteiger partial charge in [0, 0.05) is 6.54 Å². The number of aryl methyl sites for hydroxylation is 1. The first kappa shape index (κ1) is 14.9. The lowest BCUT2D eigenvalue weighted by atomic mass is 10.1. The van der Waals surface area contributed by atoms with Crippen LogP contribution in [0, 0.1) is 0 Å². The largest absolute Gasteiger partial charge is 0.351 e. The van der Waals surface area contributed by atoms with Gasteiger partial charge in [0.25, 0.3) is 0 Å². The number of hydrogen-bond acceptors (Lipinski definition) is 2. The van der Waals surface area contributed by atoms with Gasteiger partial charge in [-0.2, -0.15) is 0 Å². The second kappa shape index (κ2) is 7.25. The van der Waals surface area contributed by atoms with E-state index in [1.807, 2.05) is 18.2 Å². The standard InChI is InChI=1S/C12H18N2O.ClH/c1-3-10-6-4-5-7-11(10)8-14-12(15)9(2)13;/h4-7,9H,3,8,13H2,1-2H3,(H,14,15);1H/t9-;/m1./s1. The van der Waals surface area contributed by atoms with Gasteiger partial charge >= 0.3 is 0 Å². The van der Waals surface area contributed by atoms with Crippen molar-refractivity contribution >= 4 is 18.3 Å². The molecule has 1 aromatic rings. The topological polar surface area (TPSA) is 55.1 Å². The predicted molar refractivity (Wildman–Crippen MR) is 68.6 cm³/mol. The molecular formula is C12H19ClN2O. The maximum Gasteiger partial charge on any atom is 0.236 e. The highest BCUT2D eigenvalue weighted by Crippen LogP contribution is 2.08. The Balaban J connectivity index is 0.00000225. The molecule has 3 N–H and O–H groups in total. The smallest absolute Gasteiger partial charge is 0.236 e. The van der Waals surface area contributed by atoms with Gasteiger partial charge < -0.3 is 11.1 Å². The van der Waals surface area contributed by atoms with Crippen molar-refractivity contribution in [1.82, 2.24) is 5.32 Å². The van der Waals surface area contributed by atoms with E-state index in [4.69, 9.17) is 5.73 Å². The third kappa shape index (κ3) is 4.21. The summed E-state index contributed by atoms with van der Waals surface area (Å²) in [5.41, 5.74) is 7.89. The SMILES string of the molecule is CCc1ccccc1CNC(=O)[C@@H](C)N.Cl. The Morgan fingerprint density at radius 2 is 1.94 bits per heavy atom. The van der Waals surface area contributed by atoms with Crippen LogP contribution in [0.5, 0.6) is 0 Å². The van der Waals surface area contributed by atoms with Crippen molar-refractivity contribution in [3.8, 4) is 0 Å². The van der Waals surface area contributed by atoms with Gasteiger partial charge in [0.05, 0.1) is 6.04 Å².